The second-order valence-electron chi connectivity index (χ2n) is 4.72. The number of nitrogens with zero attached hydrogens (tertiary/aromatic N) is 2. The summed E-state index contributed by atoms with van der Waals surface area (Å²) in [7, 11) is 0. The molecule has 0 bridgehead atoms. The Balaban J connectivity index is 1.93. The zero-order valence-electron chi connectivity index (χ0n) is 11.7. The number of allylic oxidation sites excluding steroid dienone is 1. The summed E-state index contributed by atoms with van der Waals surface area (Å²) >= 11 is 4.70. The summed E-state index contributed by atoms with van der Waals surface area (Å²) in [6.07, 6.45) is 1.70. The van der Waals surface area contributed by atoms with Gasteiger partial charge in [0, 0.05) is 17.0 Å². The molecule has 3 rings (SSSR count). The first-order valence-electron chi connectivity index (χ1n) is 6.56. The molecule has 108 valence electrons. The van der Waals surface area contributed by atoms with Crippen LogP contribution in [0.15, 0.2) is 50.9 Å². The molecule has 0 radical (unpaired) electrons. The number of benzene rings is 1. The van der Waals surface area contributed by atoms with Gasteiger partial charge < -0.3 is 4.42 Å². The first kappa shape index (κ1) is 14.8. The van der Waals surface area contributed by atoms with Gasteiger partial charge in [0.15, 0.2) is 4.67 Å². The molecule has 0 N–H and O–H groups in total. The van der Waals surface area contributed by atoms with E-state index < -0.39 is 0 Å². The van der Waals surface area contributed by atoms with E-state index in [2.05, 4.69) is 39.1 Å². The summed E-state index contributed by atoms with van der Waals surface area (Å²) < 4.78 is 6.04. The predicted octanol–water partition coefficient (Wildman–Crippen LogP) is 5.54. The molecule has 0 aliphatic carbocycles. The van der Waals surface area contributed by atoms with Crippen molar-refractivity contribution in [2.75, 3.05) is 0 Å². The highest BCUT2D eigenvalue weighted by molar-refractivity contribution is 9.10. The van der Waals surface area contributed by atoms with Crippen LogP contribution in [0.25, 0.3) is 22.9 Å². The summed E-state index contributed by atoms with van der Waals surface area (Å²) in [5.74, 6) is 0.621. The monoisotopic (exact) mass is 370 g/mol. The average Bonchev–Trinajstić information content (AvgIpc) is 3.15. The van der Waals surface area contributed by atoms with E-state index in [1.165, 1.54) is 16.9 Å². The number of aryl methyl sites for hydroxylation is 1. The number of rotatable bonds is 3. The van der Waals surface area contributed by atoms with E-state index in [9.17, 15) is 5.26 Å². The zero-order valence-corrected chi connectivity index (χ0v) is 14.1. The van der Waals surface area contributed by atoms with Gasteiger partial charge in [0.1, 0.15) is 16.8 Å². The highest BCUT2D eigenvalue weighted by atomic mass is 79.9. The minimum Gasteiger partial charge on any atom is -0.450 e. The highest BCUT2D eigenvalue weighted by Gasteiger charge is 2.10. The molecule has 3 aromatic rings. The molecular weight excluding hydrogens is 360 g/mol. The third-order valence-corrected chi connectivity index (χ3v) is 4.38. The Bertz CT molecular complexity index is 869. The number of hydrogen-bond acceptors (Lipinski definition) is 4. The number of furan rings is 1. The average molecular weight is 371 g/mol. The number of halogens is 1. The van der Waals surface area contributed by atoms with Crippen LogP contribution in [-0.4, -0.2) is 4.98 Å². The van der Waals surface area contributed by atoms with E-state index >= 15 is 0 Å². The smallest absolute Gasteiger partial charge is 0.169 e. The van der Waals surface area contributed by atoms with Gasteiger partial charge in [-0.25, -0.2) is 4.98 Å². The zero-order chi connectivity index (χ0) is 15.5. The van der Waals surface area contributed by atoms with Crippen LogP contribution in [0, 0.1) is 18.3 Å². The lowest BCUT2D eigenvalue weighted by Crippen LogP contribution is -1.82. The van der Waals surface area contributed by atoms with Gasteiger partial charge in [-0.1, -0.05) is 29.8 Å². The molecule has 2 aromatic heterocycles. The van der Waals surface area contributed by atoms with Crippen molar-refractivity contribution in [2.24, 2.45) is 0 Å². The Hall–Kier alpha value is -2.16. The molecule has 0 atom stereocenters. The minimum absolute atomic E-state index is 0.491. The second-order valence-corrected chi connectivity index (χ2v) is 6.36. The number of hydrogen-bond donors (Lipinski definition) is 0. The molecule has 0 aliphatic heterocycles. The maximum Gasteiger partial charge on any atom is 0.169 e. The lowest BCUT2D eigenvalue weighted by Gasteiger charge is -1.97. The van der Waals surface area contributed by atoms with E-state index in [0.29, 0.717) is 21.0 Å². The van der Waals surface area contributed by atoms with Crippen molar-refractivity contribution in [1.82, 2.24) is 4.98 Å². The molecule has 0 spiro atoms. The quantitative estimate of drug-likeness (QED) is 0.568. The van der Waals surface area contributed by atoms with Gasteiger partial charge in [0.2, 0.25) is 0 Å². The third kappa shape index (κ3) is 3.19. The van der Waals surface area contributed by atoms with Crippen LogP contribution in [0.1, 0.15) is 16.3 Å². The van der Waals surface area contributed by atoms with Crippen molar-refractivity contribution in [2.45, 2.75) is 6.92 Å². The Labute approximate surface area is 140 Å². The van der Waals surface area contributed by atoms with Crippen molar-refractivity contribution >= 4 is 38.9 Å². The van der Waals surface area contributed by atoms with Crippen LogP contribution in [0.5, 0.6) is 0 Å². The van der Waals surface area contributed by atoms with Gasteiger partial charge in [-0.2, -0.15) is 5.26 Å². The first-order chi connectivity index (χ1) is 10.7. The predicted molar refractivity (Wildman–Crippen MR) is 92.2 cm³/mol. The molecule has 0 fully saturated rings. The summed E-state index contributed by atoms with van der Waals surface area (Å²) in [5, 5.41) is 12.0. The summed E-state index contributed by atoms with van der Waals surface area (Å²) in [5.41, 5.74) is 3.62. The fraction of sp³-hybridized carbons (Fsp3) is 0.0588. The van der Waals surface area contributed by atoms with Crippen molar-refractivity contribution in [3.63, 3.8) is 0 Å². The normalized spacial score (nSPS) is 11.4. The Morgan fingerprint density at radius 3 is 2.68 bits per heavy atom. The largest absolute Gasteiger partial charge is 0.450 e. The van der Waals surface area contributed by atoms with Crippen LogP contribution in [0.3, 0.4) is 0 Å². The van der Waals surface area contributed by atoms with E-state index in [4.69, 9.17) is 4.42 Å². The van der Waals surface area contributed by atoms with Crippen LogP contribution in [0.2, 0.25) is 0 Å². The van der Waals surface area contributed by atoms with Crippen molar-refractivity contribution in [3.8, 4) is 17.3 Å². The molecule has 0 unspecified atom stereocenters. The van der Waals surface area contributed by atoms with Crippen LogP contribution in [-0.2, 0) is 0 Å². The molecule has 22 heavy (non-hydrogen) atoms. The van der Waals surface area contributed by atoms with E-state index in [-0.39, 0.29) is 0 Å². The molecular formula is C17H11BrN2OS. The number of aromatic nitrogens is 1. The third-order valence-electron chi connectivity index (χ3n) is 3.08. The first-order valence-corrected chi connectivity index (χ1v) is 8.23. The maximum absolute atomic E-state index is 9.36. The van der Waals surface area contributed by atoms with Gasteiger partial charge in [-0.05, 0) is 35.0 Å². The minimum atomic E-state index is 0.491. The molecule has 0 amide bonds. The van der Waals surface area contributed by atoms with Gasteiger partial charge >= 0.3 is 0 Å². The lowest BCUT2D eigenvalue weighted by molar-refractivity contribution is 0.532. The van der Waals surface area contributed by atoms with E-state index in [0.717, 1.165) is 11.3 Å². The molecule has 5 heteroatoms. The Kier molecular flexibility index (Phi) is 4.23. The van der Waals surface area contributed by atoms with Gasteiger partial charge in [-0.3, -0.25) is 0 Å². The van der Waals surface area contributed by atoms with Gasteiger partial charge in [0.05, 0.1) is 11.3 Å². The van der Waals surface area contributed by atoms with Gasteiger partial charge in [-0.15, -0.1) is 11.3 Å². The summed E-state index contributed by atoms with van der Waals surface area (Å²) in [6, 6.07) is 14.0. The molecule has 3 nitrogen and oxygen atoms in total. The Morgan fingerprint density at radius 1 is 1.27 bits per heavy atom. The fourth-order valence-electron chi connectivity index (χ4n) is 1.94. The van der Waals surface area contributed by atoms with Crippen LogP contribution >= 0.6 is 27.3 Å². The maximum atomic E-state index is 9.36. The van der Waals surface area contributed by atoms with Crippen LogP contribution in [0.4, 0.5) is 0 Å². The fourth-order valence-corrected chi connectivity index (χ4v) is 3.06. The van der Waals surface area contributed by atoms with Crippen molar-refractivity contribution < 1.29 is 4.42 Å². The molecule has 0 saturated heterocycles. The van der Waals surface area contributed by atoms with Crippen LogP contribution < -0.4 is 0 Å². The highest BCUT2D eigenvalue weighted by Crippen LogP contribution is 2.28. The van der Waals surface area contributed by atoms with E-state index in [1.54, 1.807) is 18.2 Å². The molecule has 1 aromatic carbocycles. The van der Waals surface area contributed by atoms with Crippen molar-refractivity contribution in [3.05, 3.63) is 62.8 Å². The molecule has 0 saturated carbocycles. The second kappa shape index (κ2) is 6.30. The summed E-state index contributed by atoms with van der Waals surface area (Å²) in [6.45, 7) is 2.05. The molecule has 2 heterocycles. The van der Waals surface area contributed by atoms with Crippen molar-refractivity contribution in [1.29, 1.82) is 5.26 Å². The van der Waals surface area contributed by atoms with E-state index in [1.807, 2.05) is 24.4 Å². The lowest BCUT2D eigenvalue weighted by atomic mass is 10.1. The van der Waals surface area contributed by atoms with Gasteiger partial charge in [0.25, 0.3) is 0 Å². The Morgan fingerprint density at radius 2 is 2.05 bits per heavy atom. The number of thiazole rings is 1. The standard InChI is InChI=1S/C17H11BrN2OS/c1-11-2-4-12(5-3-11)15-10-22-17(20-15)13(9-19)8-14-6-7-16(18)21-14/h2-8,10H,1H3. The number of nitriles is 1. The topological polar surface area (TPSA) is 49.8 Å². The summed E-state index contributed by atoms with van der Waals surface area (Å²) in [4.78, 5) is 4.56. The molecule has 0 aliphatic rings. The SMILES string of the molecule is Cc1ccc(-c2csc(C(C#N)=Cc3ccc(Br)o3)n2)cc1.